The van der Waals surface area contributed by atoms with Gasteiger partial charge in [0.05, 0.1) is 4.47 Å². The lowest BCUT2D eigenvalue weighted by molar-refractivity contribution is 0.101. The number of aromatic nitrogens is 2. The van der Waals surface area contributed by atoms with Gasteiger partial charge in [0.1, 0.15) is 11.5 Å². The Morgan fingerprint density at radius 2 is 2.31 bits per heavy atom. The van der Waals surface area contributed by atoms with Crippen LogP contribution in [0.3, 0.4) is 0 Å². The number of carbonyl (C=O) groups is 1. The zero-order valence-electron chi connectivity index (χ0n) is 7.25. The van der Waals surface area contributed by atoms with E-state index < -0.39 is 0 Å². The highest BCUT2D eigenvalue weighted by Gasteiger charge is 2.27. The number of rotatable bonds is 2. The molecule has 1 aromatic rings. The summed E-state index contributed by atoms with van der Waals surface area (Å²) in [6, 6.07) is 0. The predicted molar refractivity (Wildman–Crippen MR) is 51.7 cm³/mol. The summed E-state index contributed by atoms with van der Waals surface area (Å²) in [5, 5.41) is 0. The lowest BCUT2D eigenvalue weighted by Crippen LogP contribution is -2.03. The van der Waals surface area contributed by atoms with Gasteiger partial charge in [0, 0.05) is 19.0 Å². The third-order valence-electron chi connectivity index (χ3n) is 2.04. The zero-order valence-corrected chi connectivity index (χ0v) is 8.84. The Bertz CT molecular complexity index is 361. The lowest BCUT2D eigenvalue weighted by Gasteiger charge is -2.01. The summed E-state index contributed by atoms with van der Waals surface area (Å²) < 4.78 is 0.685. The molecule has 0 aliphatic heterocycles. The summed E-state index contributed by atoms with van der Waals surface area (Å²) in [5.41, 5.74) is 0.497. The van der Waals surface area contributed by atoms with Crippen molar-refractivity contribution in [2.75, 3.05) is 0 Å². The van der Waals surface area contributed by atoms with E-state index in [1.54, 1.807) is 6.20 Å². The maximum absolute atomic E-state index is 11.1. The van der Waals surface area contributed by atoms with Crippen LogP contribution in [0.25, 0.3) is 0 Å². The molecule has 0 aromatic carbocycles. The van der Waals surface area contributed by atoms with Gasteiger partial charge in [-0.2, -0.15) is 0 Å². The largest absolute Gasteiger partial charge is 0.293 e. The fraction of sp³-hybridized carbons (Fsp3) is 0.444. The van der Waals surface area contributed by atoms with Gasteiger partial charge in [-0.3, -0.25) is 4.79 Å². The molecule has 13 heavy (non-hydrogen) atoms. The van der Waals surface area contributed by atoms with Gasteiger partial charge < -0.3 is 0 Å². The Morgan fingerprint density at radius 3 is 2.85 bits per heavy atom. The van der Waals surface area contributed by atoms with E-state index in [1.807, 2.05) is 0 Å². The highest BCUT2D eigenvalue weighted by atomic mass is 79.9. The molecule has 1 fully saturated rings. The van der Waals surface area contributed by atoms with E-state index in [-0.39, 0.29) is 5.78 Å². The Morgan fingerprint density at radius 1 is 1.62 bits per heavy atom. The van der Waals surface area contributed by atoms with E-state index in [0.29, 0.717) is 16.1 Å². The van der Waals surface area contributed by atoms with Gasteiger partial charge in [-0.05, 0) is 28.8 Å². The van der Waals surface area contributed by atoms with Crippen molar-refractivity contribution in [2.45, 2.75) is 25.7 Å². The van der Waals surface area contributed by atoms with Crippen molar-refractivity contribution in [2.24, 2.45) is 0 Å². The minimum atomic E-state index is -0.0174. The van der Waals surface area contributed by atoms with Gasteiger partial charge in [0.2, 0.25) is 0 Å². The molecule has 0 atom stereocenters. The minimum absolute atomic E-state index is 0.0174. The average Bonchev–Trinajstić information content (AvgIpc) is 2.87. The second kappa shape index (κ2) is 3.18. The van der Waals surface area contributed by atoms with Crippen molar-refractivity contribution in [1.82, 2.24) is 9.97 Å². The van der Waals surface area contributed by atoms with E-state index in [2.05, 4.69) is 25.9 Å². The average molecular weight is 241 g/mol. The van der Waals surface area contributed by atoms with Crippen LogP contribution in [0.5, 0.6) is 0 Å². The van der Waals surface area contributed by atoms with E-state index >= 15 is 0 Å². The Hall–Kier alpha value is -0.770. The van der Waals surface area contributed by atoms with Crippen molar-refractivity contribution in [3.63, 3.8) is 0 Å². The fourth-order valence-corrected chi connectivity index (χ4v) is 1.64. The molecular formula is C9H9BrN2O. The van der Waals surface area contributed by atoms with Crippen LogP contribution < -0.4 is 0 Å². The predicted octanol–water partition coefficient (Wildman–Crippen LogP) is 2.32. The Labute approximate surface area is 84.7 Å². The molecule has 0 saturated heterocycles. The van der Waals surface area contributed by atoms with Crippen molar-refractivity contribution in [1.29, 1.82) is 0 Å². The molecule has 4 heteroatoms. The van der Waals surface area contributed by atoms with Crippen LogP contribution in [-0.2, 0) is 0 Å². The first kappa shape index (κ1) is 8.81. The van der Waals surface area contributed by atoms with E-state index in [1.165, 1.54) is 6.92 Å². The molecule has 1 saturated carbocycles. The molecule has 2 rings (SSSR count). The fourth-order valence-electron chi connectivity index (χ4n) is 1.17. The second-order valence-electron chi connectivity index (χ2n) is 3.26. The van der Waals surface area contributed by atoms with Gasteiger partial charge in [-0.1, -0.05) is 0 Å². The van der Waals surface area contributed by atoms with Crippen LogP contribution in [0.2, 0.25) is 0 Å². The summed E-state index contributed by atoms with van der Waals surface area (Å²) in [5.74, 6) is 1.29. The first-order valence-electron chi connectivity index (χ1n) is 4.22. The third-order valence-corrected chi connectivity index (χ3v) is 2.62. The summed E-state index contributed by atoms with van der Waals surface area (Å²) >= 11 is 3.25. The smallest absolute Gasteiger partial charge is 0.179 e. The number of ketones is 1. The molecule has 0 radical (unpaired) electrons. The number of Topliss-reactive ketones (excluding diaryl/α,β-unsaturated/α-hetero) is 1. The van der Waals surface area contributed by atoms with Crippen LogP contribution in [0.15, 0.2) is 10.7 Å². The van der Waals surface area contributed by atoms with E-state index in [4.69, 9.17) is 0 Å². The molecule has 1 aliphatic carbocycles. The monoisotopic (exact) mass is 240 g/mol. The molecule has 1 aromatic heterocycles. The molecule has 1 heterocycles. The molecule has 68 valence electrons. The molecule has 0 N–H and O–H groups in total. The van der Waals surface area contributed by atoms with Gasteiger partial charge in [0.25, 0.3) is 0 Å². The molecule has 0 amide bonds. The number of hydrogen-bond donors (Lipinski definition) is 0. The van der Waals surface area contributed by atoms with Crippen molar-refractivity contribution >= 4 is 21.7 Å². The van der Waals surface area contributed by atoms with Crippen molar-refractivity contribution in [3.8, 4) is 0 Å². The number of hydrogen-bond acceptors (Lipinski definition) is 3. The molecule has 0 spiro atoms. The molecule has 0 bridgehead atoms. The highest BCUT2D eigenvalue weighted by molar-refractivity contribution is 9.10. The van der Waals surface area contributed by atoms with Crippen LogP contribution in [0, 0.1) is 0 Å². The maximum atomic E-state index is 11.1. The van der Waals surface area contributed by atoms with Crippen LogP contribution >= 0.6 is 15.9 Å². The summed E-state index contributed by atoms with van der Waals surface area (Å²) in [7, 11) is 0. The summed E-state index contributed by atoms with van der Waals surface area (Å²) in [4.78, 5) is 19.5. The van der Waals surface area contributed by atoms with Gasteiger partial charge in [-0.25, -0.2) is 9.97 Å². The van der Waals surface area contributed by atoms with Crippen molar-refractivity contribution in [3.05, 3.63) is 22.2 Å². The molecule has 0 unspecified atom stereocenters. The standard InChI is InChI=1S/C9H9BrN2O/c1-5(13)8-7(10)4-11-9(12-8)6-2-3-6/h4,6H,2-3H2,1H3. The summed E-state index contributed by atoms with van der Waals surface area (Å²) in [6.07, 6.45) is 3.97. The second-order valence-corrected chi connectivity index (χ2v) is 4.11. The topological polar surface area (TPSA) is 42.9 Å². The number of nitrogens with zero attached hydrogens (tertiary/aromatic N) is 2. The molecule has 3 nitrogen and oxygen atoms in total. The first-order chi connectivity index (χ1) is 6.18. The van der Waals surface area contributed by atoms with Crippen LogP contribution in [-0.4, -0.2) is 15.8 Å². The van der Waals surface area contributed by atoms with Crippen LogP contribution in [0.4, 0.5) is 0 Å². The van der Waals surface area contributed by atoms with Gasteiger partial charge >= 0.3 is 0 Å². The van der Waals surface area contributed by atoms with E-state index in [9.17, 15) is 4.79 Å². The number of carbonyl (C=O) groups excluding carboxylic acids is 1. The van der Waals surface area contributed by atoms with Gasteiger partial charge in [0.15, 0.2) is 5.78 Å². The lowest BCUT2D eigenvalue weighted by atomic mass is 10.3. The molecular weight excluding hydrogens is 232 g/mol. The summed E-state index contributed by atoms with van der Waals surface area (Å²) in [6.45, 7) is 1.52. The first-order valence-corrected chi connectivity index (χ1v) is 5.01. The van der Waals surface area contributed by atoms with Crippen molar-refractivity contribution < 1.29 is 4.79 Å². The zero-order chi connectivity index (χ0) is 9.42. The maximum Gasteiger partial charge on any atom is 0.179 e. The van der Waals surface area contributed by atoms with Gasteiger partial charge in [-0.15, -0.1) is 0 Å². The van der Waals surface area contributed by atoms with Crippen LogP contribution in [0.1, 0.15) is 42.0 Å². The minimum Gasteiger partial charge on any atom is -0.293 e. The Balaban J connectivity index is 2.41. The Kier molecular flexibility index (Phi) is 2.15. The molecule has 1 aliphatic rings. The normalized spacial score (nSPS) is 15.8. The SMILES string of the molecule is CC(=O)c1nc(C2CC2)ncc1Br. The van der Waals surface area contributed by atoms with E-state index in [0.717, 1.165) is 18.7 Å². The highest BCUT2D eigenvalue weighted by Crippen LogP contribution is 2.38. The quantitative estimate of drug-likeness (QED) is 0.746. The number of halogens is 1. The third kappa shape index (κ3) is 1.77.